The van der Waals surface area contributed by atoms with E-state index in [1.807, 2.05) is 6.92 Å². The molecule has 0 radical (unpaired) electrons. The summed E-state index contributed by atoms with van der Waals surface area (Å²) in [5.74, 6) is -1.16. The van der Waals surface area contributed by atoms with E-state index in [-0.39, 0.29) is 4.21 Å². The van der Waals surface area contributed by atoms with Crippen LogP contribution in [0.4, 0.5) is 0 Å². The van der Waals surface area contributed by atoms with Crippen LogP contribution in [0.15, 0.2) is 10.3 Å². The molecule has 0 saturated carbocycles. The van der Waals surface area contributed by atoms with Crippen LogP contribution < -0.4 is 0 Å². The molecule has 1 aromatic rings. The lowest BCUT2D eigenvalue weighted by Crippen LogP contribution is -2.40. The summed E-state index contributed by atoms with van der Waals surface area (Å²) in [5.41, 5.74) is 0.650. The third-order valence-electron chi connectivity index (χ3n) is 2.51. The number of rotatable bonds is 4. The average molecular weight is 277 g/mol. The summed E-state index contributed by atoms with van der Waals surface area (Å²) in [6, 6.07) is 0.693. The van der Waals surface area contributed by atoms with Gasteiger partial charge in [0.2, 0.25) is 0 Å². The summed E-state index contributed by atoms with van der Waals surface area (Å²) < 4.78 is 25.5. The van der Waals surface area contributed by atoms with Crippen molar-refractivity contribution in [1.82, 2.24) is 4.31 Å². The Hall–Kier alpha value is -0.920. The largest absolute Gasteiger partial charge is 0.480 e. The summed E-state index contributed by atoms with van der Waals surface area (Å²) in [7, 11) is -2.44. The minimum absolute atomic E-state index is 0.214. The number of likely N-dealkylation sites (N-methyl/N-ethyl adjacent to an activating group) is 1. The summed E-state index contributed by atoms with van der Waals surface area (Å²) >= 11 is 1.16. The SMILES string of the molecule is Cc1cc(C)c(S(=O)(=O)N(C)C(C)C(=O)O)s1. The highest BCUT2D eigenvalue weighted by atomic mass is 32.2. The zero-order valence-corrected chi connectivity index (χ0v) is 11.7. The molecule has 0 aromatic carbocycles. The fourth-order valence-corrected chi connectivity index (χ4v) is 4.52. The molecule has 1 atom stereocenters. The molecule has 1 aromatic heterocycles. The molecule has 7 heteroatoms. The van der Waals surface area contributed by atoms with E-state index >= 15 is 0 Å². The number of thiophene rings is 1. The maximum absolute atomic E-state index is 12.2. The number of carboxylic acid groups (broad SMARTS) is 1. The molecule has 17 heavy (non-hydrogen) atoms. The highest BCUT2D eigenvalue weighted by Crippen LogP contribution is 2.28. The number of nitrogens with zero attached hydrogens (tertiary/aromatic N) is 1. The van der Waals surface area contributed by atoms with Crippen LogP contribution in [0.25, 0.3) is 0 Å². The fraction of sp³-hybridized carbons (Fsp3) is 0.500. The second kappa shape index (κ2) is 4.75. The Morgan fingerprint density at radius 3 is 2.35 bits per heavy atom. The molecule has 0 saturated heterocycles. The van der Waals surface area contributed by atoms with Gasteiger partial charge >= 0.3 is 5.97 Å². The van der Waals surface area contributed by atoms with Crippen LogP contribution in [0, 0.1) is 13.8 Å². The van der Waals surface area contributed by atoms with Gasteiger partial charge in [0.05, 0.1) is 0 Å². The molecule has 0 spiro atoms. The molecular formula is C10H15NO4S2. The molecule has 1 unspecified atom stereocenters. The lowest BCUT2D eigenvalue weighted by Gasteiger charge is -2.20. The quantitative estimate of drug-likeness (QED) is 0.904. The Kier molecular flexibility index (Phi) is 3.95. The van der Waals surface area contributed by atoms with Crippen LogP contribution in [-0.2, 0) is 14.8 Å². The summed E-state index contributed by atoms with van der Waals surface area (Å²) in [4.78, 5) is 11.7. The monoisotopic (exact) mass is 277 g/mol. The number of hydrogen-bond donors (Lipinski definition) is 1. The second-order valence-corrected chi connectivity index (χ2v) is 7.31. The van der Waals surface area contributed by atoms with Crippen LogP contribution in [0.3, 0.4) is 0 Å². The van der Waals surface area contributed by atoms with E-state index in [2.05, 4.69) is 0 Å². The van der Waals surface area contributed by atoms with E-state index in [0.717, 1.165) is 20.5 Å². The van der Waals surface area contributed by atoms with E-state index < -0.39 is 22.0 Å². The summed E-state index contributed by atoms with van der Waals surface area (Å²) in [6.07, 6.45) is 0. The molecule has 0 bridgehead atoms. The molecule has 0 aliphatic rings. The van der Waals surface area contributed by atoms with E-state index in [4.69, 9.17) is 5.11 Å². The first-order valence-electron chi connectivity index (χ1n) is 4.95. The van der Waals surface area contributed by atoms with Crippen LogP contribution >= 0.6 is 11.3 Å². The summed E-state index contributed by atoms with van der Waals surface area (Å²) in [5, 5.41) is 8.83. The maximum Gasteiger partial charge on any atom is 0.321 e. The van der Waals surface area contributed by atoms with Crippen LogP contribution in [0.5, 0.6) is 0 Å². The predicted molar refractivity (Wildman–Crippen MR) is 65.8 cm³/mol. The topological polar surface area (TPSA) is 74.7 Å². The summed E-state index contributed by atoms with van der Waals surface area (Å²) in [6.45, 7) is 4.86. The first-order chi connectivity index (χ1) is 7.67. The zero-order valence-electron chi connectivity index (χ0n) is 10.1. The van der Waals surface area contributed by atoms with Gasteiger partial charge < -0.3 is 5.11 Å². The number of hydrogen-bond acceptors (Lipinski definition) is 4. The third kappa shape index (κ3) is 2.67. The van der Waals surface area contributed by atoms with Crippen LogP contribution in [-0.4, -0.2) is 36.9 Å². The molecule has 1 heterocycles. The Labute approximate surface area is 105 Å². The zero-order chi connectivity index (χ0) is 13.4. The number of carbonyl (C=O) groups is 1. The van der Waals surface area contributed by atoms with Crippen molar-refractivity contribution in [2.24, 2.45) is 0 Å². The van der Waals surface area contributed by atoms with Crippen molar-refractivity contribution in [3.63, 3.8) is 0 Å². The van der Waals surface area contributed by atoms with E-state index in [0.29, 0.717) is 5.56 Å². The number of sulfonamides is 1. The molecule has 1 rings (SSSR count). The van der Waals surface area contributed by atoms with Gasteiger partial charge in [-0.2, -0.15) is 4.31 Å². The van der Waals surface area contributed by atoms with E-state index in [9.17, 15) is 13.2 Å². The average Bonchev–Trinajstić information content (AvgIpc) is 2.56. The molecular weight excluding hydrogens is 262 g/mol. The third-order valence-corrected chi connectivity index (χ3v) is 6.21. The Bertz CT molecular complexity index is 533. The first kappa shape index (κ1) is 14.1. The van der Waals surface area contributed by atoms with Gasteiger partial charge in [0.15, 0.2) is 0 Å². The normalized spacial score (nSPS) is 13.9. The van der Waals surface area contributed by atoms with E-state index in [1.165, 1.54) is 14.0 Å². The Morgan fingerprint density at radius 2 is 2.00 bits per heavy atom. The first-order valence-corrected chi connectivity index (χ1v) is 7.21. The van der Waals surface area contributed by atoms with Crippen molar-refractivity contribution in [2.45, 2.75) is 31.0 Å². The maximum atomic E-state index is 12.2. The molecule has 0 aliphatic carbocycles. The molecule has 1 N–H and O–H groups in total. The molecule has 96 valence electrons. The second-order valence-electron chi connectivity index (χ2n) is 3.86. The van der Waals surface area contributed by atoms with Crippen molar-refractivity contribution >= 4 is 27.3 Å². The highest BCUT2D eigenvalue weighted by molar-refractivity contribution is 7.91. The lowest BCUT2D eigenvalue weighted by atomic mass is 10.3. The smallest absolute Gasteiger partial charge is 0.321 e. The number of aryl methyl sites for hydroxylation is 2. The van der Waals surface area contributed by atoms with Gasteiger partial charge in [0.25, 0.3) is 10.0 Å². The van der Waals surface area contributed by atoms with Crippen molar-refractivity contribution < 1.29 is 18.3 Å². The minimum Gasteiger partial charge on any atom is -0.480 e. The predicted octanol–water partition coefficient (Wildman–Crippen LogP) is 1.46. The standard InChI is InChI=1S/C10H15NO4S2/c1-6-5-7(2)16-10(6)17(14,15)11(4)8(3)9(12)13/h5,8H,1-4H3,(H,12,13). The molecule has 0 amide bonds. The number of carboxylic acids is 1. The van der Waals surface area contributed by atoms with Crippen molar-refractivity contribution in [2.75, 3.05) is 7.05 Å². The van der Waals surface area contributed by atoms with Crippen molar-refractivity contribution in [3.05, 3.63) is 16.5 Å². The van der Waals surface area contributed by atoms with Crippen LogP contribution in [0.2, 0.25) is 0 Å². The van der Waals surface area contributed by atoms with Crippen LogP contribution in [0.1, 0.15) is 17.4 Å². The van der Waals surface area contributed by atoms with Crippen molar-refractivity contribution in [1.29, 1.82) is 0 Å². The Morgan fingerprint density at radius 1 is 1.47 bits per heavy atom. The minimum atomic E-state index is -3.72. The number of aliphatic carboxylic acids is 1. The van der Waals surface area contributed by atoms with Gasteiger partial charge in [0.1, 0.15) is 10.3 Å². The van der Waals surface area contributed by atoms with Gasteiger partial charge in [-0.05, 0) is 32.4 Å². The van der Waals surface area contributed by atoms with Gasteiger partial charge in [-0.3, -0.25) is 4.79 Å². The van der Waals surface area contributed by atoms with Crippen molar-refractivity contribution in [3.8, 4) is 0 Å². The van der Waals surface area contributed by atoms with Gasteiger partial charge in [-0.15, -0.1) is 11.3 Å². The molecule has 0 fully saturated rings. The fourth-order valence-electron chi connectivity index (χ4n) is 1.37. The van der Waals surface area contributed by atoms with Gasteiger partial charge in [-0.1, -0.05) is 0 Å². The lowest BCUT2D eigenvalue weighted by molar-refractivity contribution is -0.140. The van der Waals surface area contributed by atoms with E-state index in [1.54, 1.807) is 13.0 Å². The Balaban J connectivity index is 3.20. The molecule has 0 aliphatic heterocycles. The highest BCUT2D eigenvalue weighted by Gasteiger charge is 2.31. The van der Waals surface area contributed by atoms with Gasteiger partial charge in [-0.25, -0.2) is 8.42 Å². The molecule has 5 nitrogen and oxygen atoms in total. The van der Waals surface area contributed by atoms with Gasteiger partial charge in [0, 0.05) is 11.9 Å².